The Morgan fingerprint density at radius 3 is 3.00 bits per heavy atom. The molecule has 0 atom stereocenters. The summed E-state index contributed by atoms with van der Waals surface area (Å²) in [6.07, 6.45) is 7.73. The number of aromatic nitrogens is 3. The van der Waals surface area contributed by atoms with Gasteiger partial charge in [-0.25, -0.2) is 9.97 Å². The zero-order chi connectivity index (χ0) is 19.8. The highest BCUT2D eigenvalue weighted by Gasteiger charge is 2.20. The predicted octanol–water partition coefficient (Wildman–Crippen LogP) is 3.86. The smallest absolute Gasteiger partial charge is 0.197 e. The van der Waals surface area contributed by atoms with Crippen LogP contribution in [0.2, 0.25) is 5.02 Å². The Hall–Kier alpha value is -3.09. The molecule has 0 saturated carbocycles. The Morgan fingerprint density at radius 1 is 1.21 bits per heavy atom. The third kappa shape index (κ3) is 3.52. The van der Waals surface area contributed by atoms with Crippen molar-refractivity contribution in [3.8, 4) is 11.4 Å². The minimum absolute atomic E-state index is 0.0391. The van der Waals surface area contributed by atoms with Crippen molar-refractivity contribution in [2.75, 3.05) is 6.54 Å². The lowest BCUT2D eigenvalue weighted by molar-refractivity contribution is 0.240. The summed E-state index contributed by atoms with van der Waals surface area (Å²) in [5.41, 5.74) is 4.16. The minimum Gasteiger partial charge on any atom is -0.464 e. The zero-order valence-electron chi connectivity index (χ0n) is 15.5. The maximum absolute atomic E-state index is 12.8. The summed E-state index contributed by atoms with van der Waals surface area (Å²) in [7, 11) is 0. The molecule has 0 bridgehead atoms. The summed E-state index contributed by atoms with van der Waals surface area (Å²) < 4.78 is 5.64. The maximum atomic E-state index is 12.8. The lowest BCUT2D eigenvalue weighted by atomic mass is 10.1. The van der Waals surface area contributed by atoms with E-state index in [1.807, 2.05) is 18.3 Å². The standard InChI is InChI=1S/C22H17ClN4O2/c23-17-3-4-20-18(8-17)21(28)16(13-29-20)12-27-7-5-19-15(11-27)10-25-22(26-19)14-2-1-6-24-9-14/h1-4,6,8-10,13H,5,7,11-12H2. The molecule has 29 heavy (non-hydrogen) atoms. The minimum atomic E-state index is -0.0391. The molecule has 1 aliphatic rings. The fourth-order valence-corrected chi connectivity index (χ4v) is 3.81. The third-order valence-corrected chi connectivity index (χ3v) is 5.37. The fourth-order valence-electron chi connectivity index (χ4n) is 3.64. The van der Waals surface area contributed by atoms with Gasteiger partial charge in [0.05, 0.1) is 17.3 Å². The summed E-state index contributed by atoms with van der Waals surface area (Å²) in [6.45, 7) is 2.01. The van der Waals surface area contributed by atoms with E-state index in [1.54, 1.807) is 36.9 Å². The van der Waals surface area contributed by atoms with Gasteiger partial charge in [-0.1, -0.05) is 11.6 Å². The Balaban J connectivity index is 1.38. The Kier molecular flexibility index (Phi) is 4.58. The number of fused-ring (bicyclic) bond motifs is 2. The van der Waals surface area contributed by atoms with Crippen molar-refractivity contribution in [1.29, 1.82) is 0 Å². The highest BCUT2D eigenvalue weighted by molar-refractivity contribution is 6.31. The summed E-state index contributed by atoms with van der Waals surface area (Å²) in [5, 5.41) is 1.03. The molecule has 0 N–H and O–H groups in total. The van der Waals surface area contributed by atoms with Crippen LogP contribution in [0.15, 0.2) is 64.4 Å². The number of hydrogen-bond acceptors (Lipinski definition) is 6. The first-order chi connectivity index (χ1) is 14.2. The quantitative estimate of drug-likeness (QED) is 0.516. The van der Waals surface area contributed by atoms with Crippen LogP contribution in [-0.2, 0) is 19.5 Å². The number of benzene rings is 1. The van der Waals surface area contributed by atoms with Crippen LogP contribution in [0.1, 0.15) is 16.8 Å². The maximum Gasteiger partial charge on any atom is 0.197 e. The van der Waals surface area contributed by atoms with Crippen LogP contribution >= 0.6 is 11.6 Å². The first-order valence-corrected chi connectivity index (χ1v) is 9.73. The average molecular weight is 405 g/mol. The normalized spacial score (nSPS) is 14.1. The second kappa shape index (κ2) is 7.39. The van der Waals surface area contributed by atoms with Crippen molar-refractivity contribution < 1.29 is 4.42 Å². The Labute approximate surface area is 171 Å². The molecule has 0 unspecified atom stereocenters. The van der Waals surface area contributed by atoms with Gasteiger partial charge in [0.2, 0.25) is 0 Å². The van der Waals surface area contributed by atoms with E-state index in [0.29, 0.717) is 40.5 Å². The molecule has 4 heterocycles. The van der Waals surface area contributed by atoms with Gasteiger partial charge in [-0.3, -0.25) is 14.7 Å². The van der Waals surface area contributed by atoms with Crippen molar-refractivity contribution in [2.45, 2.75) is 19.5 Å². The van der Waals surface area contributed by atoms with Gasteiger partial charge < -0.3 is 4.42 Å². The average Bonchev–Trinajstić information content (AvgIpc) is 2.76. The van der Waals surface area contributed by atoms with Gasteiger partial charge in [0.1, 0.15) is 5.58 Å². The van der Waals surface area contributed by atoms with Gasteiger partial charge in [-0.15, -0.1) is 0 Å². The second-order valence-electron chi connectivity index (χ2n) is 7.10. The molecular weight excluding hydrogens is 388 g/mol. The molecule has 0 amide bonds. The van der Waals surface area contributed by atoms with E-state index in [0.717, 1.165) is 29.8 Å². The van der Waals surface area contributed by atoms with E-state index < -0.39 is 0 Å². The molecule has 7 heteroatoms. The molecule has 1 aliphatic heterocycles. The van der Waals surface area contributed by atoms with Gasteiger partial charge in [-0.05, 0) is 30.3 Å². The molecule has 0 spiro atoms. The first-order valence-electron chi connectivity index (χ1n) is 9.35. The molecule has 0 fully saturated rings. The lowest BCUT2D eigenvalue weighted by Gasteiger charge is -2.27. The van der Waals surface area contributed by atoms with Gasteiger partial charge >= 0.3 is 0 Å². The summed E-state index contributed by atoms with van der Waals surface area (Å²) in [5.74, 6) is 0.692. The molecule has 5 rings (SSSR count). The predicted molar refractivity (Wildman–Crippen MR) is 111 cm³/mol. The van der Waals surface area contributed by atoms with Crippen LogP contribution < -0.4 is 5.43 Å². The van der Waals surface area contributed by atoms with Crippen molar-refractivity contribution in [1.82, 2.24) is 19.9 Å². The Bertz CT molecular complexity index is 1260. The molecule has 1 aromatic carbocycles. The van der Waals surface area contributed by atoms with E-state index in [4.69, 9.17) is 21.0 Å². The van der Waals surface area contributed by atoms with E-state index >= 15 is 0 Å². The van der Waals surface area contributed by atoms with Gasteiger partial charge in [0.15, 0.2) is 11.3 Å². The molecule has 6 nitrogen and oxygen atoms in total. The van der Waals surface area contributed by atoms with Crippen molar-refractivity contribution in [3.05, 3.63) is 87.3 Å². The zero-order valence-corrected chi connectivity index (χ0v) is 16.3. The fraction of sp³-hybridized carbons (Fsp3) is 0.182. The molecule has 0 radical (unpaired) electrons. The van der Waals surface area contributed by atoms with E-state index in [9.17, 15) is 4.79 Å². The first kappa shape index (κ1) is 18.0. The molecule has 0 aliphatic carbocycles. The third-order valence-electron chi connectivity index (χ3n) is 5.13. The topological polar surface area (TPSA) is 72.1 Å². The largest absolute Gasteiger partial charge is 0.464 e. The summed E-state index contributed by atoms with van der Waals surface area (Å²) in [4.78, 5) is 28.4. The molecule has 0 saturated heterocycles. The van der Waals surface area contributed by atoms with Crippen LogP contribution in [0.25, 0.3) is 22.4 Å². The van der Waals surface area contributed by atoms with E-state index in [1.165, 1.54) is 0 Å². The molecule has 144 valence electrons. The van der Waals surface area contributed by atoms with Crippen molar-refractivity contribution >= 4 is 22.6 Å². The molecule has 3 aromatic heterocycles. The summed E-state index contributed by atoms with van der Waals surface area (Å²) in [6, 6.07) is 8.92. The van der Waals surface area contributed by atoms with E-state index in [2.05, 4.69) is 14.9 Å². The number of hydrogen-bond donors (Lipinski definition) is 0. The van der Waals surface area contributed by atoms with Crippen LogP contribution in [0.3, 0.4) is 0 Å². The number of halogens is 1. The van der Waals surface area contributed by atoms with Gasteiger partial charge in [0.25, 0.3) is 0 Å². The van der Waals surface area contributed by atoms with E-state index in [-0.39, 0.29) is 5.43 Å². The number of nitrogens with zero attached hydrogens (tertiary/aromatic N) is 4. The summed E-state index contributed by atoms with van der Waals surface area (Å²) >= 11 is 6.04. The lowest BCUT2D eigenvalue weighted by Crippen LogP contribution is -2.32. The van der Waals surface area contributed by atoms with Crippen LogP contribution in [-0.4, -0.2) is 26.4 Å². The SMILES string of the molecule is O=c1c(CN2CCc3nc(-c4cccnc4)ncc3C2)coc2ccc(Cl)cc12. The van der Waals surface area contributed by atoms with Gasteiger partial charge in [-0.2, -0.15) is 0 Å². The highest BCUT2D eigenvalue weighted by atomic mass is 35.5. The van der Waals surface area contributed by atoms with Crippen molar-refractivity contribution in [3.63, 3.8) is 0 Å². The molecular formula is C22H17ClN4O2. The van der Waals surface area contributed by atoms with Gasteiger partial charge in [0, 0.05) is 66.4 Å². The second-order valence-corrected chi connectivity index (χ2v) is 7.53. The van der Waals surface area contributed by atoms with Crippen LogP contribution in [0.4, 0.5) is 0 Å². The van der Waals surface area contributed by atoms with Crippen molar-refractivity contribution in [2.24, 2.45) is 0 Å². The molecule has 4 aromatic rings. The Morgan fingerprint density at radius 2 is 2.14 bits per heavy atom. The highest BCUT2D eigenvalue weighted by Crippen LogP contribution is 2.22. The monoisotopic (exact) mass is 404 g/mol. The number of rotatable bonds is 3. The van der Waals surface area contributed by atoms with Crippen LogP contribution in [0, 0.1) is 0 Å². The number of pyridine rings is 1. The van der Waals surface area contributed by atoms with Crippen LogP contribution in [0.5, 0.6) is 0 Å².